The van der Waals surface area contributed by atoms with Gasteiger partial charge in [-0.2, -0.15) is 0 Å². The normalized spacial score (nSPS) is 20.7. The van der Waals surface area contributed by atoms with Crippen LogP contribution in [0.15, 0.2) is 10.1 Å². The fourth-order valence-corrected chi connectivity index (χ4v) is 2.68. The zero-order valence-electron chi connectivity index (χ0n) is 5.29. The third kappa shape index (κ3) is 2.08. The van der Waals surface area contributed by atoms with Crippen molar-refractivity contribution in [3.63, 3.8) is 0 Å². The predicted molar refractivity (Wildman–Crippen MR) is 48.2 cm³/mol. The van der Waals surface area contributed by atoms with Gasteiger partial charge in [-0.15, -0.1) is 0 Å². The minimum atomic E-state index is 1.05. The minimum Gasteiger partial charge on any atom is -0.0880 e. The monoisotopic (exact) mass is 252 g/mol. The quantitative estimate of drug-likeness (QED) is 0.627. The van der Waals surface area contributed by atoms with Crippen molar-refractivity contribution in [2.45, 2.75) is 25.7 Å². The van der Waals surface area contributed by atoms with Crippen LogP contribution < -0.4 is 0 Å². The maximum Gasteiger partial charge on any atom is 0.0252 e. The molecule has 0 spiro atoms. The first-order valence-corrected chi connectivity index (χ1v) is 5.18. The van der Waals surface area contributed by atoms with Crippen molar-refractivity contribution in [2.75, 3.05) is 5.33 Å². The van der Waals surface area contributed by atoms with Gasteiger partial charge in [0, 0.05) is 5.33 Å². The SMILES string of the molecule is BrCC1=C(Br)CCCC1. The van der Waals surface area contributed by atoms with Gasteiger partial charge in [-0.25, -0.2) is 0 Å². The maximum absolute atomic E-state index is 3.56. The Hall–Kier alpha value is 0.700. The molecular weight excluding hydrogens is 244 g/mol. The minimum absolute atomic E-state index is 1.05. The summed E-state index contributed by atoms with van der Waals surface area (Å²) in [5, 5.41) is 1.05. The van der Waals surface area contributed by atoms with Crippen LogP contribution in [0.4, 0.5) is 0 Å². The molecule has 0 radical (unpaired) electrons. The molecule has 1 aliphatic rings. The largest absolute Gasteiger partial charge is 0.0880 e. The van der Waals surface area contributed by atoms with Gasteiger partial charge in [0.05, 0.1) is 0 Å². The molecule has 0 atom stereocenters. The summed E-state index contributed by atoms with van der Waals surface area (Å²) in [6.45, 7) is 0. The van der Waals surface area contributed by atoms with Crippen LogP contribution in [0.5, 0.6) is 0 Å². The van der Waals surface area contributed by atoms with E-state index in [1.54, 1.807) is 5.57 Å². The van der Waals surface area contributed by atoms with Crippen molar-refractivity contribution in [3.05, 3.63) is 10.1 Å². The van der Waals surface area contributed by atoms with Gasteiger partial charge in [-0.3, -0.25) is 0 Å². The lowest BCUT2D eigenvalue weighted by molar-refractivity contribution is 0.699. The number of alkyl halides is 1. The van der Waals surface area contributed by atoms with Gasteiger partial charge in [0.15, 0.2) is 0 Å². The Balaban J connectivity index is 2.59. The summed E-state index contributed by atoms with van der Waals surface area (Å²) >= 11 is 7.03. The molecule has 0 aromatic heterocycles. The van der Waals surface area contributed by atoms with Gasteiger partial charge in [0.1, 0.15) is 0 Å². The Labute approximate surface area is 73.0 Å². The van der Waals surface area contributed by atoms with Crippen LogP contribution in [0.3, 0.4) is 0 Å². The number of hydrogen-bond acceptors (Lipinski definition) is 0. The van der Waals surface area contributed by atoms with E-state index in [0.717, 1.165) is 5.33 Å². The average Bonchev–Trinajstić information content (AvgIpc) is 1.89. The molecule has 1 aliphatic carbocycles. The molecule has 0 aromatic carbocycles. The Morgan fingerprint density at radius 3 is 2.33 bits per heavy atom. The average molecular weight is 254 g/mol. The lowest BCUT2D eigenvalue weighted by atomic mass is 10.0. The summed E-state index contributed by atoms with van der Waals surface area (Å²) in [6, 6.07) is 0. The molecule has 0 bridgehead atoms. The van der Waals surface area contributed by atoms with Crippen molar-refractivity contribution in [3.8, 4) is 0 Å². The summed E-state index contributed by atoms with van der Waals surface area (Å²) in [6.07, 6.45) is 5.26. The Kier molecular flexibility index (Phi) is 3.27. The smallest absolute Gasteiger partial charge is 0.0252 e. The first-order valence-electron chi connectivity index (χ1n) is 3.27. The van der Waals surface area contributed by atoms with Gasteiger partial charge >= 0.3 is 0 Å². The Bertz CT molecular complexity index is 127. The third-order valence-electron chi connectivity index (χ3n) is 1.67. The molecule has 0 unspecified atom stereocenters. The van der Waals surface area contributed by atoms with Gasteiger partial charge in [-0.1, -0.05) is 31.9 Å². The van der Waals surface area contributed by atoms with E-state index in [0.29, 0.717) is 0 Å². The zero-order chi connectivity index (χ0) is 6.69. The highest BCUT2D eigenvalue weighted by Crippen LogP contribution is 2.29. The number of rotatable bonds is 1. The van der Waals surface area contributed by atoms with Crippen molar-refractivity contribution in [2.24, 2.45) is 0 Å². The second-order valence-corrected chi connectivity index (χ2v) is 3.87. The Morgan fingerprint density at radius 1 is 1.22 bits per heavy atom. The highest BCUT2D eigenvalue weighted by molar-refractivity contribution is 9.12. The highest BCUT2D eigenvalue weighted by atomic mass is 79.9. The number of allylic oxidation sites excluding steroid dienone is 2. The van der Waals surface area contributed by atoms with Gasteiger partial charge in [-0.05, 0) is 35.7 Å². The molecule has 0 aromatic rings. The molecule has 0 heterocycles. The van der Waals surface area contributed by atoms with E-state index < -0.39 is 0 Å². The van der Waals surface area contributed by atoms with Crippen molar-refractivity contribution < 1.29 is 0 Å². The molecule has 9 heavy (non-hydrogen) atoms. The summed E-state index contributed by atoms with van der Waals surface area (Å²) in [5.41, 5.74) is 1.56. The van der Waals surface area contributed by atoms with Crippen LogP contribution in [-0.4, -0.2) is 5.33 Å². The predicted octanol–water partition coefficient (Wildman–Crippen LogP) is 3.60. The number of hydrogen-bond donors (Lipinski definition) is 0. The third-order valence-corrected chi connectivity index (χ3v) is 3.30. The van der Waals surface area contributed by atoms with Gasteiger partial charge in [0.2, 0.25) is 0 Å². The van der Waals surface area contributed by atoms with Crippen LogP contribution in [0, 0.1) is 0 Å². The van der Waals surface area contributed by atoms with E-state index in [1.807, 2.05) is 0 Å². The topological polar surface area (TPSA) is 0 Å². The fraction of sp³-hybridized carbons (Fsp3) is 0.714. The van der Waals surface area contributed by atoms with Crippen molar-refractivity contribution in [1.82, 2.24) is 0 Å². The molecule has 0 nitrogen and oxygen atoms in total. The summed E-state index contributed by atoms with van der Waals surface area (Å²) in [7, 11) is 0. The molecule has 2 heteroatoms. The summed E-state index contributed by atoms with van der Waals surface area (Å²) in [4.78, 5) is 0. The zero-order valence-corrected chi connectivity index (χ0v) is 8.46. The van der Waals surface area contributed by atoms with Gasteiger partial charge in [0.25, 0.3) is 0 Å². The van der Waals surface area contributed by atoms with E-state index in [2.05, 4.69) is 31.9 Å². The van der Waals surface area contributed by atoms with E-state index in [1.165, 1.54) is 30.2 Å². The van der Waals surface area contributed by atoms with E-state index in [-0.39, 0.29) is 0 Å². The molecule has 1 rings (SSSR count). The first-order chi connectivity index (χ1) is 4.34. The Morgan fingerprint density at radius 2 is 1.89 bits per heavy atom. The molecular formula is C7H10Br2. The second kappa shape index (κ2) is 3.77. The number of halogens is 2. The van der Waals surface area contributed by atoms with Crippen LogP contribution in [0.2, 0.25) is 0 Å². The molecule has 52 valence electrons. The fourth-order valence-electron chi connectivity index (χ4n) is 1.07. The molecule has 0 aliphatic heterocycles. The van der Waals surface area contributed by atoms with Crippen LogP contribution in [0.25, 0.3) is 0 Å². The molecule has 0 saturated carbocycles. The summed E-state index contributed by atoms with van der Waals surface area (Å²) in [5.74, 6) is 0. The van der Waals surface area contributed by atoms with Crippen molar-refractivity contribution in [1.29, 1.82) is 0 Å². The molecule has 0 N–H and O–H groups in total. The second-order valence-electron chi connectivity index (χ2n) is 2.35. The summed E-state index contributed by atoms with van der Waals surface area (Å²) < 4.78 is 1.44. The maximum atomic E-state index is 3.56. The van der Waals surface area contributed by atoms with E-state index in [9.17, 15) is 0 Å². The standard InChI is InChI=1S/C7H10Br2/c8-5-6-3-1-2-4-7(6)9/h1-5H2. The molecule has 0 fully saturated rings. The first kappa shape index (κ1) is 7.80. The van der Waals surface area contributed by atoms with E-state index >= 15 is 0 Å². The van der Waals surface area contributed by atoms with Crippen molar-refractivity contribution >= 4 is 31.9 Å². The molecule has 0 saturated heterocycles. The highest BCUT2D eigenvalue weighted by Gasteiger charge is 2.07. The van der Waals surface area contributed by atoms with Gasteiger partial charge < -0.3 is 0 Å². The van der Waals surface area contributed by atoms with Crippen LogP contribution >= 0.6 is 31.9 Å². The van der Waals surface area contributed by atoms with Crippen LogP contribution in [0.1, 0.15) is 25.7 Å². The lowest BCUT2D eigenvalue weighted by Crippen LogP contribution is -1.95. The van der Waals surface area contributed by atoms with Crippen LogP contribution in [-0.2, 0) is 0 Å². The van der Waals surface area contributed by atoms with E-state index in [4.69, 9.17) is 0 Å². The molecule has 0 amide bonds. The lowest BCUT2D eigenvalue weighted by Gasteiger charge is -2.13.